The Balaban J connectivity index is 0.00000180. The quantitative estimate of drug-likeness (QED) is 0.574. The molecule has 1 amide bonds. The van der Waals surface area contributed by atoms with Crippen molar-refractivity contribution in [1.29, 1.82) is 0 Å². The average molecular weight is 307 g/mol. The van der Waals surface area contributed by atoms with E-state index in [1.807, 2.05) is 13.8 Å². The number of aliphatic hydroxyl groups is 1. The third kappa shape index (κ3) is 3.47. The molecule has 0 atom stereocenters. The normalized spacial score (nSPS) is 25.1. The van der Waals surface area contributed by atoms with Gasteiger partial charge in [-0.25, -0.2) is 0 Å². The molecule has 1 fully saturated rings. The molecule has 0 unspecified atom stereocenters. The molecule has 2 N–H and O–H groups in total. The molecule has 2 rings (SSSR count). The van der Waals surface area contributed by atoms with Crippen molar-refractivity contribution in [1.82, 2.24) is 5.32 Å². The van der Waals surface area contributed by atoms with Gasteiger partial charge in [-0.3, -0.25) is 4.79 Å². The fourth-order valence-corrected chi connectivity index (χ4v) is 2.96. The molecule has 0 aliphatic heterocycles. The van der Waals surface area contributed by atoms with E-state index in [0.717, 1.165) is 10.4 Å². The Kier molecular flexibility index (Phi) is 5.77. The minimum absolute atomic E-state index is 0. The Morgan fingerprint density at radius 2 is 2.05 bits per heavy atom. The molecule has 19 heavy (non-hydrogen) atoms. The first kappa shape index (κ1) is 17.3. The van der Waals surface area contributed by atoms with Crippen molar-refractivity contribution in [2.45, 2.75) is 38.3 Å². The summed E-state index contributed by atoms with van der Waals surface area (Å²) in [5.41, 5.74) is -0.413. The second kappa shape index (κ2) is 6.34. The molecular formula is C12H14KNO4S. The molecule has 1 aliphatic rings. The summed E-state index contributed by atoms with van der Waals surface area (Å²) in [6, 6.07) is 1.73. The standard InChI is InChI=1S/C12H15NO4S.K/c1-6-3-9(18-7(6)2)10(15)13-12(11(16)17)4-8(14)5-12;/h3,8,14H,4-5H2,1-2H3,(H,13,15)(H,16,17);/q;+1/p-1. The number of carbonyl (C=O) groups excluding carboxylic acids is 2. The summed E-state index contributed by atoms with van der Waals surface area (Å²) in [5, 5.41) is 22.7. The van der Waals surface area contributed by atoms with E-state index in [-0.39, 0.29) is 64.2 Å². The van der Waals surface area contributed by atoms with E-state index in [4.69, 9.17) is 0 Å². The molecule has 1 aromatic heterocycles. The summed E-state index contributed by atoms with van der Waals surface area (Å²) in [6.45, 7) is 3.79. The van der Waals surface area contributed by atoms with Gasteiger partial charge in [-0.2, -0.15) is 0 Å². The van der Waals surface area contributed by atoms with Gasteiger partial charge >= 0.3 is 51.4 Å². The number of nitrogens with one attached hydrogen (secondary N) is 1. The number of hydrogen-bond acceptors (Lipinski definition) is 5. The Labute approximate surface area is 157 Å². The molecule has 1 aromatic rings. The largest absolute Gasteiger partial charge is 1.00 e. The van der Waals surface area contributed by atoms with Crippen LogP contribution >= 0.6 is 11.3 Å². The number of aryl methyl sites for hydroxylation is 2. The number of carbonyl (C=O) groups is 2. The van der Waals surface area contributed by atoms with Crippen LogP contribution < -0.4 is 61.8 Å². The predicted octanol–water partition coefficient (Wildman–Crippen LogP) is -3.26. The zero-order valence-electron chi connectivity index (χ0n) is 11.1. The van der Waals surface area contributed by atoms with Gasteiger partial charge in [-0.1, -0.05) is 0 Å². The van der Waals surface area contributed by atoms with Crippen LogP contribution in [0, 0.1) is 13.8 Å². The number of carboxylic acids is 1. The smallest absolute Gasteiger partial charge is 0.548 e. The molecule has 0 aromatic carbocycles. The van der Waals surface area contributed by atoms with Crippen molar-refractivity contribution in [2.24, 2.45) is 0 Å². The van der Waals surface area contributed by atoms with E-state index in [0.29, 0.717) is 4.88 Å². The van der Waals surface area contributed by atoms with E-state index in [2.05, 4.69) is 5.32 Å². The first-order valence-electron chi connectivity index (χ1n) is 5.63. The summed E-state index contributed by atoms with van der Waals surface area (Å²) in [6.07, 6.45) is -0.676. The number of hydrogen-bond donors (Lipinski definition) is 2. The third-order valence-electron chi connectivity index (χ3n) is 3.30. The molecule has 0 spiro atoms. The zero-order valence-corrected chi connectivity index (χ0v) is 15.1. The van der Waals surface area contributed by atoms with Crippen LogP contribution in [0.15, 0.2) is 6.07 Å². The number of thiophene rings is 1. The van der Waals surface area contributed by atoms with Gasteiger partial charge in [0.1, 0.15) is 0 Å². The fraction of sp³-hybridized carbons (Fsp3) is 0.500. The minimum Gasteiger partial charge on any atom is -0.548 e. The number of carboxylic acid groups (broad SMARTS) is 1. The van der Waals surface area contributed by atoms with E-state index in [9.17, 15) is 19.8 Å². The monoisotopic (exact) mass is 307 g/mol. The Bertz CT molecular complexity index is 488. The van der Waals surface area contributed by atoms with Gasteiger partial charge in [-0.15, -0.1) is 11.3 Å². The van der Waals surface area contributed by atoms with Crippen LogP contribution in [0.1, 0.15) is 33.0 Å². The molecular weight excluding hydrogens is 293 g/mol. The van der Waals surface area contributed by atoms with Crippen molar-refractivity contribution >= 4 is 23.2 Å². The van der Waals surface area contributed by atoms with Crippen LogP contribution in [0.5, 0.6) is 0 Å². The molecule has 1 saturated carbocycles. The average Bonchev–Trinajstić information content (AvgIpc) is 2.56. The third-order valence-corrected chi connectivity index (χ3v) is 4.45. The number of rotatable bonds is 3. The van der Waals surface area contributed by atoms with E-state index in [1.54, 1.807) is 6.07 Å². The van der Waals surface area contributed by atoms with Gasteiger partial charge in [0, 0.05) is 17.7 Å². The van der Waals surface area contributed by atoms with Gasteiger partial charge in [-0.05, 0) is 25.5 Å². The molecule has 7 heteroatoms. The van der Waals surface area contributed by atoms with Crippen molar-refractivity contribution in [3.63, 3.8) is 0 Å². The molecule has 0 bridgehead atoms. The van der Waals surface area contributed by atoms with Crippen LogP contribution in [0.3, 0.4) is 0 Å². The number of aliphatic hydroxyl groups excluding tert-OH is 1. The van der Waals surface area contributed by atoms with Crippen LogP contribution in [0.25, 0.3) is 0 Å². The Morgan fingerprint density at radius 3 is 2.42 bits per heavy atom. The van der Waals surface area contributed by atoms with Crippen molar-refractivity contribution < 1.29 is 71.2 Å². The summed E-state index contributed by atoms with van der Waals surface area (Å²) in [7, 11) is 0. The maximum atomic E-state index is 12.0. The van der Waals surface area contributed by atoms with Gasteiger partial charge in [0.25, 0.3) is 5.91 Å². The summed E-state index contributed by atoms with van der Waals surface area (Å²) in [5.74, 6) is -1.77. The second-order valence-corrected chi connectivity index (χ2v) is 5.99. The maximum Gasteiger partial charge on any atom is 1.00 e. The van der Waals surface area contributed by atoms with Crippen molar-refractivity contribution in [2.75, 3.05) is 0 Å². The van der Waals surface area contributed by atoms with Gasteiger partial charge < -0.3 is 20.3 Å². The van der Waals surface area contributed by atoms with Gasteiger partial charge in [0.2, 0.25) is 0 Å². The molecule has 5 nitrogen and oxygen atoms in total. The number of aliphatic carboxylic acids is 1. The van der Waals surface area contributed by atoms with Crippen LogP contribution in [-0.4, -0.2) is 28.6 Å². The van der Waals surface area contributed by atoms with Crippen molar-refractivity contribution in [3.8, 4) is 0 Å². The molecule has 98 valence electrons. The topological polar surface area (TPSA) is 89.5 Å². The zero-order chi connectivity index (χ0) is 13.5. The van der Waals surface area contributed by atoms with Gasteiger partial charge in [0.15, 0.2) is 0 Å². The maximum absolute atomic E-state index is 12.0. The fourth-order valence-electron chi connectivity index (χ4n) is 2.03. The van der Waals surface area contributed by atoms with Crippen LogP contribution in [0.4, 0.5) is 0 Å². The first-order chi connectivity index (χ1) is 8.34. The molecule has 0 radical (unpaired) electrons. The number of amides is 1. The Morgan fingerprint density at radius 1 is 1.47 bits per heavy atom. The van der Waals surface area contributed by atoms with Crippen LogP contribution in [-0.2, 0) is 4.79 Å². The van der Waals surface area contributed by atoms with Crippen molar-refractivity contribution in [3.05, 3.63) is 21.4 Å². The molecule has 1 aliphatic carbocycles. The summed E-state index contributed by atoms with van der Waals surface area (Å²) in [4.78, 5) is 24.5. The SMILES string of the molecule is Cc1cc(C(=O)NC2(C(=O)[O-])CC(O)C2)sc1C.[K+]. The van der Waals surface area contributed by atoms with E-state index < -0.39 is 23.5 Å². The van der Waals surface area contributed by atoms with E-state index in [1.165, 1.54) is 11.3 Å². The summed E-state index contributed by atoms with van der Waals surface area (Å²) >= 11 is 1.32. The molecule has 1 heterocycles. The molecule has 0 saturated heterocycles. The minimum atomic E-state index is -1.41. The van der Waals surface area contributed by atoms with Gasteiger partial charge in [0.05, 0.1) is 22.5 Å². The van der Waals surface area contributed by atoms with Crippen LogP contribution in [0.2, 0.25) is 0 Å². The van der Waals surface area contributed by atoms with E-state index >= 15 is 0 Å². The Hall–Kier alpha value is 0.236. The summed E-state index contributed by atoms with van der Waals surface area (Å²) < 4.78 is 0. The predicted molar refractivity (Wildman–Crippen MR) is 64.2 cm³/mol. The second-order valence-electron chi connectivity index (χ2n) is 4.74. The first-order valence-corrected chi connectivity index (χ1v) is 6.45.